The molecule has 2 heterocycles. The molecule has 0 aliphatic carbocycles. The fraction of sp³-hybridized carbons (Fsp3) is 0.280. The number of rotatable bonds is 5. The molecule has 0 bridgehead atoms. The summed E-state index contributed by atoms with van der Waals surface area (Å²) in [6, 6.07) is 21.2. The monoisotopic (exact) mass is 386 g/mol. The number of nitrogens with zero attached hydrogens (tertiary/aromatic N) is 2. The van der Waals surface area contributed by atoms with Crippen molar-refractivity contribution in [2.24, 2.45) is 5.92 Å². The van der Waals surface area contributed by atoms with E-state index in [0.717, 1.165) is 43.6 Å². The largest absolute Gasteiger partial charge is 0.508 e. The summed E-state index contributed by atoms with van der Waals surface area (Å²) in [6.45, 7) is 1.63. The van der Waals surface area contributed by atoms with Crippen molar-refractivity contribution in [3.05, 3.63) is 84.1 Å². The van der Waals surface area contributed by atoms with Crippen LogP contribution in [0.4, 0.5) is 0 Å². The van der Waals surface area contributed by atoms with Crippen LogP contribution < -0.4 is 0 Å². The second-order valence-electron chi connectivity index (χ2n) is 7.74. The number of carbonyl (C=O) groups is 1. The second-order valence-corrected chi connectivity index (χ2v) is 7.74. The number of amides is 1. The Morgan fingerprint density at radius 1 is 0.966 bits per heavy atom. The van der Waals surface area contributed by atoms with Crippen LogP contribution in [0.1, 0.15) is 35.2 Å². The van der Waals surface area contributed by atoms with Crippen LogP contribution in [-0.4, -0.2) is 34.0 Å². The van der Waals surface area contributed by atoms with Crippen LogP contribution in [-0.2, 0) is 6.42 Å². The number of pyridine rings is 1. The summed E-state index contributed by atoms with van der Waals surface area (Å²) in [4.78, 5) is 19.2. The first kappa shape index (κ1) is 19.2. The third-order valence-corrected chi connectivity index (χ3v) is 5.76. The number of aromatic nitrogens is 1. The van der Waals surface area contributed by atoms with Crippen molar-refractivity contribution in [2.75, 3.05) is 13.1 Å². The Kier molecular flexibility index (Phi) is 5.89. The highest BCUT2D eigenvalue weighted by atomic mass is 16.3. The van der Waals surface area contributed by atoms with Crippen LogP contribution in [0, 0.1) is 5.92 Å². The SMILES string of the molecule is O=C(c1ccc(-c2ccc(O)cc2)nc1)N1CCC(CCc2ccccc2)CC1. The molecule has 1 saturated heterocycles. The first-order valence-corrected chi connectivity index (χ1v) is 10.3. The van der Waals surface area contributed by atoms with Crippen molar-refractivity contribution in [3.8, 4) is 17.0 Å². The van der Waals surface area contributed by atoms with E-state index in [2.05, 4.69) is 35.3 Å². The number of hydrogen-bond donors (Lipinski definition) is 1. The van der Waals surface area contributed by atoms with E-state index in [4.69, 9.17) is 0 Å². The van der Waals surface area contributed by atoms with Gasteiger partial charge in [-0.1, -0.05) is 30.3 Å². The number of phenols is 1. The molecule has 148 valence electrons. The van der Waals surface area contributed by atoms with Crippen molar-refractivity contribution in [2.45, 2.75) is 25.7 Å². The van der Waals surface area contributed by atoms with Gasteiger partial charge in [0.15, 0.2) is 0 Å². The first-order chi connectivity index (χ1) is 14.2. The van der Waals surface area contributed by atoms with E-state index in [-0.39, 0.29) is 11.7 Å². The molecule has 0 radical (unpaired) electrons. The van der Waals surface area contributed by atoms with Crippen LogP contribution >= 0.6 is 0 Å². The maximum absolute atomic E-state index is 12.8. The Hall–Kier alpha value is -3.14. The van der Waals surface area contributed by atoms with Crippen LogP contribution in [0.2, 0.25) is 0 Å². The summed E-state index contributed by atoms with van der Waals surface area (Å²) in [6.07, 6.45) is 6.10. The molecule has 1 aliphatic heterocycles. The average molecular weight is 386 g/mol. The zero-order valence-electron chi connectivity index (χ0n) is 16.5. The summed E-state index contributed by atoms with van der Waals surface area (Å²) in [5.74, 6) is 0.984. The zero-order chi connectivity index (χ0) is 20.1. The molecule has 0 spiro atoms. The minimum absolute atomic E-state index is 0.0660. The molecule has 1 aliphatic rings. The third kappa shape index (κ3) is 4.83. The average Bonchev–Trinajstić information content (AvgIpc) is 2.79. The number of aromatic hydroxyl groups is 1. The molecule has 3 aromatic rings. The Balaban J connectivity index is 1.30. The summed E-state index contributed by atoms with van der Waals surface area (Å²) < 4.78 is 0. The Morgan fingerprint density at radius 2 is 1.69 bits per heavy atom. The molecule has 1 aromatic heterocycles. The Labute approximate surface area is 171 Å². The van der Waals surface area contributed by atoms with Gasteiger partial charge in [-0.15, -0.1) is 0 Å². The molecule has 4 nitrogen and oxygen atoms in total. The number of likely N-dealkylation sites (tertiary alicyclic amines) is 1. The van der Waals surface area contributed by atoms with Gasteiger partial charge in [0.25, 0.3) is 5.91 Å². The predicted octanol–water partition coefficient (Wildman–Crippen LogP) is 4.94. The summed E-state index contributed by atoms with van der Waals surface area (Å²) >= 11 is 0. The minimum atomic E-state index is 0.0660. The Morgan fingerprint density at radius 3 is 2.34 bits per heavy atom. The van der Waals surface area contributed by atoms with Crippen molar-refractivity contribution in [1.82, 2.24) is 9.88 Å². The molecule has 1 fully saturated rings. The lowest BCUT2D eigenvalue weighted by atomic mass is 9.90. The minimum Gasteiger partial charge on any atom is -0.508 e. The van der Waals surface area contributed by atoms with Gasteiger partial charge in [0.05, 0.1) is 11.3 Å². The lowest BCUT2D eigenvalue weighted by Gasteiger charge is -2.32. The second kappa shape index (κ2) is 8.91. The molecule has 0 atom stereocenters. The molecular formula is C25H26N2O2. The van der Waals surface area contributed by atoms with E-state index < -0.39 is 0 Å². The van der Waals surface area contributed by atoms with E-state index >= 15 is 0 Å². The van der Waals surface area contributed by atoms with E-state index in [9.17, 15) is 9.90 Å². The fourth-order valence-corrected chi connectivity index (χ4v) is 3.95. The number of aryl methyl sites for hydroxylation is 1. The van der Waals surface area contributed by atoms with Crippen LogP contribution in [0.3, 0.4) is 0 Å². The number of hydrogen-bond acceptors (Lipinski definition) is 3. The van der Waals surface area contributed by atoms with Gasteiger partial charge in [0.1, 0.15) is 5.75 Å². The first-order valence-electron chi connectivity index (χ1n) is 10.3. The molecule has 1 amide bonds. The van der Waals surface area contributed by atoms with E-state index in [1.165, 1.54) is 12.0 Å². The van der Waals surface area contributed by atoms with Gasteiger partial charge in [0, 0.05) is 24.8 Å². The van der Waals surface area contributed by atoms with E-state index in [1.54, 1.807) is 18.3 Å². The maximum Gasteiger partial charge on any atom is 0.255 e. The van der Waals surface area contributed by atoms with Crippen molar-refractivity contribution >= 4 is 5.91 Å². The zero-order valence-corrected chi connectivity index (χ0v) is 16.5. The lowest BCUT2D eigenvalue weighted by molar-refractivity contribution is 0.0686. The van der Waals surface area contributed by atoms with Crippen molar-refractivity contribution < 1.29 is 9.90 Å². The van der Waals surface area contributed by atoms with Gasteiger partial charge in [0.2, 0.25) is 0 Å². The van der Waals surface area contributed by atoms with Crippen LogP contribution in [0.15, 0.2) is 72.9 Å². The van der Waals surface area contributed by atoms with Crippen molar-refractivity contribution in [1.29, 1.82) is 0 Å². The molecule has 4 heteroatoms. The summed E-state index contributed by atoms with van der Waals surface area (Å²) in [5, 5.41) is 9.40. The van der Waals surface area contributed by atoms with Gasteiger partial charge in [-0.2, -0.15) is 0 Å². The molecule has 0 unspecified atom stereocenters. The van der Waals surface area contributed by atoms with Crippen LogP contribution in [0.5, 0.6) is 5.75 Å². The number of benzene rings is 2. The van der Waals surface area contributed by atoms with Crippen LogP contribution in [0.25, 0.3) is 11.3 Å². The highest BCUT2D eigenvalue weighted by molar-refractivity contribution is 5.94. The number of piperidine rings is 1. The molecule has 4 rings (SSSR count). The van der Waals surface area contributed by atoms with Gasteiger partial charge in [-0.25, -0.2) is 0 Å². The van der Waals surface area contributed by atoms with E-state index in [1.807, 2.05) is 29.2 Å². The standard InChI is InChI=1S/C25H26N2O2/c28-23-11-8-21(9-12-23)24-13-10-22(18-26-24)25(29)27-16-14-20(15-17-27)7-6-19-4-2-1-3-5-19/h1-5,8-13,18,20,28H,6-7,14-17H2. The number of phenolic OH excluding ortho intramolecular Hbond substituents is 1. The van der Waals surface area contributed by atoms with Gasteiger partial charge in [-0.3, -0.25) is 9.78 Å². The Bertz CT molecular complexity index is 929. The van der Waals surface area contributed by atoms with Gasteiger partial charge >= 0.3 is 0 Å². The summed E-state index contributed by atoms with van der Waals surface area (Å²) in [7, 11) is 0. The highest BCUT2D eigenvalue weighted by Crippen LogP contribution is 2.24. The van der Waals surface area contributed by atoms with Gasteiger partial charge in [-0.05, 0) is 73.6 Å². The summed E-state index contributed by atoms with van der Waals surface area (Å²) in [5.41, 5.74) is 3.74. The molecule has 0 saturated carbocycles. The topological polar surface area (TPSA) is 53.4 Å². The fourth-order valence-electron chi connectivity index (χ4n) is 3.95. The number of carbonyl (C=O) groups excluding carboxylic acids is 1. The maximum atomic E-state index is 12.8. The molecular weight excluding hydrogens is 360 g/mol. The van der Waals surface area contributed by atoms with Crippen molar-refractivity contribution in [3.63, 3.8) is 0 Å². The normalized spacial score (nSPS) is 14.7. The van der Waals surface area contributed by atoms with E-state index in [0.29, 0.717) is 11.5 Å². The lowest BCUT2D eigenvalue weighted by Crippen LogP contribution is -2.38. The molecule has 1 N–H and O–H groups in total. The predicted molar refractivity (Wildman–Crippen MR) is 115 cm³/mol. The van der Waals surface area contributed by atoms with Gasteiger partial charge < -0.3 is 10.0 Å². The molecule has 2 aromatic carbocycles. The highest BCUT2D eigenvalue weighted by Gasteiger charge is 2.23. The molecule has 29 heavy (non-hydrogen) atoms. The quantitative estimate of drug-likeness (QED) is 0.676. The smallest absolute Gasteiger partial charge is 0.255 e. The third-order valence-electron chi connectivity index (χ3n) is 5.76.